The lowest BCUT2D eigenvalue weighted by molar-refractivity contribution is -0.143. The lowest BCUT2D eigenvalue weighted by Crippen LogP contribution is -2.28. The van der Waals surface area contributed by atoms with E-state index in [0.29, 0.717) is 6.07 Å². The summed E-state index contributed by atoms with van der Waals surface area (Å²) < 4.78 is 106. The fraction of sp³-hybridized carbons (Fsp3) is 0.167. The van der Waals surface area contributed by atoms with Crippen LogP contribution < -0.4 is 5.32 Å². The standard InChI is InChI=1S/C18H10F8N4O/c19-10-3-5-12(6-4-10)30-15(18(24,25)26)14(28-29-30)16(31)27-8-9-1-2-11(20)7-13(9)17(21,22)23/h1-7H,8H2,(H,27,31). The summed E-state index contributed by atoms with van der Waals surface area (Å²) in [5, 5.41) is 8.34. The Balaban J connectivity index is 1.92. The van der Waals surface area contributed by atoms with Gasteiger partial charge in [0, 0.05) is 6.54 Å². The van der Waals surface area contributed by atoms with Gasteiger partial charge >= 0.3 is 12.4 Å². The number of amides is 1. The van der Waals surface area contributed by atoms with E-state index in [1.165, 1.54) is 0 Å². The van der Waals surface area contributed by atoms with Gasteiger partial charge in [-0.25, -0.2) is 13.5 Å². The number of carbonyl (C=O) groups excluding carboxylic acids is 1. The summed E-state index contributed by atoms with van der Waals surface area (Å²) in [5.41, 5.74) is -5.02. The molecule has 1 N–H and O–H groups in total. The van der Waals surface area contributed by atoms with Crippen molar-refractivity contribution in [3.63, 3.8) is 0 Å². The van der Waals surface area contributed by atoms with Crippen LogP contribution in [0, 0.1) is 11.6 Å². The van der Waals surface area contributed by atoms with Gasteiger partial charge in [-0.1, -0.05) is 11.3 Å². The highest BCUT2D eigenvalue weighted by molar-refractivity contribution is 5.93. The Labute approximate surface area is 168 Å². The zero-order chi connectivity index (χ0) is 23.0. The molecule has 0 aliphatic rings. The Morgan fingerprint density at radius 1 is 0.903 bits per heavy atom. The predicted molar refractivity (Wildman–Crippen MR) is 88.9 cm³/mol. The molecule has 3 rings (SSSR count). The number of nitrogens with one attached hydrogen (secondary N) is 1. The van der Waals surface area contributed by atoms with Crippen molar-refractivity contribution in [1.82, 2.24) is 20.3 Å². The van der Waals surface area contributed by atoms with E-state index in [4.69, 9.17) is 0 Å². The largest absolute Gasteiger partial charge is 0.435 e. The Hall–Kier alpha value is -3.51. The molecule has 0 fully saturated rings. The highest BCUT2D eigenvalue weighted by Crippen LogP contribution is 2.34. The Kier molecular flexibility index (Phi) is 5.70. The maximum absolute atomic E-state index is 13.6. The van der Waals surface area contributed by atoms with Gasteiger partial charge in [0.15, 0.2) is 11.4 Å². The lowest BCUT2D eigenvalue weighted by Gasteiger charge is -2.14. The molecule has 5 nitrogen and oxygen atoms in total. The number of carbonyl (C=O) groups is 1. The fourth-order valence-electron chi connectivity index (χ4n) is 2.68. The number of rotatable bonds is 4. The van der Waals surface area contributed by atoms with Crippen molar-refractivity contribution in [2.75, 3.05) is 0 Å². The van der Waals surface area contributed by atoms with Gasteiger partial charge in [0.2, 0.25) is 0 Å². The minimum absolute atomic E-state index is 0.202. The van der Waals surface area contributed by atoms with Crippen molar-refractivity contribution in [1.29, 1.82) is 0 Å². The summed E-state index contributed by atoms with van der Waals surface area (Å²) in [6.45, 7) is -0.853. The highest BCUT2D eigenvalue weighted by Gasteiger charge is 2.42. The molecule has 0 atom stereocenters. The summed E-state index contributed by atoms with van der Waals surface area (Å²) >= 11 is 0. The molecular weight excluding hydrogens is 440 g/mol. The normalized spacial score (nSPS) is 12.1. The molecule has 0 radical (unpaired) electrons. The van der Waals surface area contributed by atoms with Crippen LogP contribution >= 0.6 is 0 Å². The molecule has 3 aromatic rings. The first-order valence-corrected chi connectivity index (χ1v) is 8.30. The third-order valence-electron chi connectivity index (χ3n) is 4.04. The Morgan fingerprint density at radius 2 is 1.52 bits per heavy atom. The molecule has 13 heteroatoms. The van der Waals surface area contributed by atoms with Crippen molar-refractivity contribution >= 4 is 5.91 Å². The Morgan fingerprint density at radius 3 is 2.10 bits per heavy atom. The number of aromatic nitrogens is 3. The van der Waals surface area contributed by atoms with E-state index < -0.39 is 59.0 Å². The van der Waals surface area contributed by atoms with Crippen LogP contribution in [0.3, 0.4) is 0 Å². The average molecular weight is 450 g/mol. The molecule has 0 saturated carbocycles. The van der Waals surface area contributed by atoms with Crippen molar-refractivity contribution in [2.45, 2.75) is 18.9 Å². The van der Waals surface area contributed by atoms with Crippen LogP contribution in [-0.4, -0.2) is 20.9 Å². The van der Waals surface area contributed by atoms with Crippen LogP contribution in [0.15, 0.2) is 42.5 Å². The molecule has 2 aromatic carbocycles. The van der Waals surface area contributed by atoms with E-state index in [-0.39, 0.29) is 16.4 Å². The van der Waals surface area contributed by atoms with Crippen molar-refractivity contribution in [3.05, 3.63) is 76.6 Å². The number of nitrogens with zero attached hydrogens (tertiary/aromatic N) is 3. The summed E-state index contributed by atoms with van der Waals surface area (Å²) in [6.07, 6.45) is -10.1. The van der Waals surface area contributed by atoms with Crippen LogP contribution in [0.1, 0.15) is 27.3 Å². The molecule has 0 spiro atoms. The number of halogens is 8. The second-order valence-electron chi connectivity index (χ2n) is 6.15. The first kappa shape index (κ1) is 22.2. The summed E-state index contributed by atoms with van der Waals surface area (Å²) in [6, 6.07) is 5.33. The van der Waals surface area contributed by atoms with Crippen LogP contribution in [-0.2, 0) is 18.9 Å². The van der Waals surface area contributed by atoms with E-state index in [1.54, 1.807) is 0 Å². The maximum atomic E-state index is 13.6. The van der Waals surface area contributed by atoms with Crippen LogP contribution in [0.4, 0.5) is 35.1 Å². The third kappa shape index (κ3) is 4.81. The van der Waals surface area contributed by atoms with Crippen LogP contribution in [0.25, 0.3) is 5.69 Å². The number of hydrogen-bond donors (Lipinski definition) is 1. The first-order valence-electron chi connectivity index (χ1n) is 8.30. The summed E-state index contributed by atoms with van der Waals surface area (Å²) in [4.78, 5) is 12.3. The van der Waals surface area contributed by atoms with Gasteiger partial charge in [-0.05, 0) is 42.0 Å². The molecule has 0 aliphatic heterocycles. The molecular formula is C18H10F8N4O. The molecule has 1 aromatic heterocycles. The zero-order valence-corrected chi connectivity index (χ0v) is 15.0. The van der Waals surface area contributed by atoms with E-state index in [0.717, 1.165) is 30.3 Å². The SMILES string of the molecule is O=C(NCc1ccc(F)cc1C(F)(F)F)c1nnn(-c2ccc(F)cc2)c1C(F)(F)F. The molecule has 1 amide bonds. The van der Waals surface area contributed by atoms with E-state index >= 15 is 0 Å². The zero-order valence-electron chi connectivity index (χ0n) is 15.0. The molecule has 0 bridgehead atoms. The van der Waals surface area contributed by atoms with Crippen LogP contribution in [0.5, 0.6) is 0 Å². The number of hydrogen-bond acceptors (Lipinski definition) is 3. The molecule has 0 saturated heterocycles. The first-order chi connectivity index (χ1) is 14.4. The van der Waals surface area contributed by atoms with Crippen molar-refractivity contribution < 1.29 is 39.9 Å². The minimum Gasteiger partial charge on any atom is -0.346 e. The topological polar surface area (TPSA) is 59.8 Å². The second-order valence-corrected chi connectivity index (χ2v) is 6.15. The predicted octanol–water partition coefficient (Wildman–Crippen LogP) is 4.51. The number of benzene rings is 2. The monoisotopic (exact) mass is 450 g/mol. The summed E-state index contributed by atoms with van der Waals surface area (Å²) in [7, 11) is 0. The van der Waals surface area contributed by atoms with E-state index in [9.17, 15) is 39.9 Å². The van der Waals surface area contributed by atoms with Gasteiger partial charge in [-0.2, -0.15) is 26.3 Å². The van der Waals surface area contributed by atoms with Crippen LogP contribution in [0.2, 0.25) is 0 Å². The van der Waals surface area contributed by atoms with Gasteiger partial charge in [-0.15, -0.1) is 5.10 Å². The van der Waals surface area contributed by atoms with Crippen molar-refractivity contribution in [3.8, 4) is 5.69 Å². The smallest absolute Gasteiger partial charge is 0.346 e. The van der Waals surface area contributed by atoms with Gasteiger partial charge in [0.1, 0.15) is 11.6 Å². The third-order valence-corrected chi connectivity index (χ3v) is 4.04. The second kappa shape index (κ2) is 7.96. The molecule has 0 unspecified atom stereocenters. The van der Waals surface area contributed by atoms with Gasteiger partial charge in [-0.3, -0.25) is 4.79 Å². The Bertz CT molecular complexity index is 1100. The fourth-order valence-corrected chi connectivity index (χ4v) is 2.68. The minimum atomic E-state index is -5.13. The molecule has 0 aliphatic carbocycles. The maximum Gasteiger partial charge on any atom is 0.435 e. The lowest BCUT2D eigenvalue weighted by atomic mass is 10.1. The average Bonchev–Trinajstić information content (AvgIpc) is 3.12. The summed E-state index contributed by atoms with van der Waals surface area (Å²) in [5.74, 6) is -3.36. The quantitative estimate of drug-likeness (QED) is 0.595. The van der Waals surface area contributed by atoms with E-state index in [2.05, 4.69) is 10.3 Å². The van der Waals surface area contributed by atoms with Gasteiger partial charge in [0.05, 0.1) is 11.3 Å². The van der Waals surface area contributed by atoms with E-state index in [1.807, 2.05) is 5.32 Å². The molecule has 31 heavy (non-hydrogen) atoms. The number of alkyl halides is 6. The molecule has 164 valence electrons. The molecule has 1 heterocycles. The van der Waals surface area contributed by atoms with Crippen molar-refractivity contribution in [2.24, 2.45) is 0 Å². The van der Waals surface area contributed by atoms with Gasteiger partial charge in [0.25, 0.3) is 5.91 Å². The highest BCUT2D eigenvalue weighted by atomic mass is 19.4. The van der Waals surface area contributed by atoms with Gasteiger partial charge < -0.3 is 5.32 Å².